The molecule has 8 heteroatoms. The fourth-order valence-electron chi connectivity index (χ4n) is 2.05. The molecule has 0 saturated carbocycles. The van der Waals surface area contributed by atoms with E-state index in [9.17, 15) is 13.2 Å². The van der Waals surface area contributed by atoms with Crippen LogP contribution in [0.3, 0.4) is 0 Å². The SMILES string of the molecule is FC(F)(F)c1ccn(-c2ncnc3c2CNCC3)n1. The van der Waals surface area contributed by atoms with Gasteiger partial charge in [-0.15, -0.1) is 0 Å². The Labute approximate surface area is 106 Å². The molecule has 0 aliphatic carbocycles. The van der Waals surface area contributed by atoms with Crippen molar-refractivity contribution in [2.24, 2.45) is 0 Å². The topological polar surface area (TPSA) is 55.6 Å². The van der Waals surface area contributed by atoms with Gasteiger partial charge < -0.3 is 5.32 Å². The Morgan fingerprint density at radius 3 is 2.84 bits per heavy atom. The number of hydrogen-bond donors (Lipinski definition) is 1. The third-order valence-corrected chi connectivity index (χ3v) is 2.95. The summed E-state index contributed by atoms with van der Waals surface area (Å²) in [7, 11) is 0. The van der Waals surface area contributed by atoms with Crippen molar-refractivity contribution < 1.29 is 13.2 Å². The molecular weight excluding hydrogens is 259 g/mol. The molecule has 2 aromatic heterocycles. The monoisotopic (exact) mass is 269 g/mol. The molecule has 3 rings (SSSR count). The maximum atomic E-state index is 12.5. The summed E-state index contributed by atoms with van der Waals surface area (Å²) in [5.41, 5.74) is 0.724. The van der Waals surface area contributed by atoms with E-state index in [-0.39, 0.29) is 0 Å². The van der Waals surface area contributed by atoms with Crippen molar-refractivity contribution in [3.8, 4) is 5.82 Å². The molecule has 0 unspecified atom stereocenters. The van der Waals surface area contributed by atoms with Crippen molar-refractivity contribution in [3.05, 3.63) is 35.5 Å². The molecule has 2 aromatic rings. The summed E-state index contributed by atoms with van der Waals surface area (Å²) in [4.78, 5) is 8.19. The van der Waals surface area contributed by atoms with E-state index >= 15 is 0 Å². The number of fused-ring (bicyclic) bond motifs is 1. The number of nitrogens with zero attached hydrogens (tertiary/aromatic N) is 4. The molecule has 0 saturated heterocycles. The van der Waals surface area contributed by atoms with Crippen LogP contribution < -0.4 is 5.32 Å². The average Bonchev–Trinajstić information content (AvgIpc) is 2.87. The highest BCUT2D eigenvalue weighted by Gasteiger charge is 2.34. The summed E-state index contributed by atoms with van der Waals surface area (Å²) in [5, 5.41) is 6.68. The van der Waals surface area contributed by atoms with E-state index in [0.717, 1.165) is 35.0 Å². The van der Waals surface area contributed by atoms with E-state index < -0.39 is 11.9 Å². The Morgan fingerprint density at radius 2 is 2.11 bits per heavy atom. The van der Waals surface area contributed by atoms with Gasteiger partial charge >= 0.3 is 6.18 Å². The van der Waals surface area contributed by atoms with Gasteiger partial charge in [0.1, 0.15) is 6.33 Å². The highest BCUT2D eigenvalue weighted by molar-refractivity contribution is 5.37. The second kappa shape index (κ2) is 4.30. The fourth-order valence-corrected chi connectivity index (χ4v) is 2.05. The Morgan fingerprint density at radius 1 is 1.26 bits per heavy atom. The van der Waals surface area contributed by atoms with Crippen LogP contribution in [0.5, 0.6) is 0 Å². The van der Waals surface area contributed by atoms with Crippen molar-refractivity contribution in [2.75, 3.05) is 6.54 Å². The minimum absolute atomic E-state index is 0.396. The van der Waals surface area contributed by atoms with E-state index in [0.29, 0.717) is 12.4 Å². The molecule has 5 nitrogen and oxygen atoms in total. The average molecular weight is 269 g/mol. The highest BCUT2D eigenvalue weighted by atomic mass is 19.4. The third kappa shape index (κ3) is 2.19. The van der Waals surface area contributed by atoms with Gasteiger partial charge in [0.15, 0.2) is 11.5 Å². The van der Waals surface area contributed by atoms with Gasteiger partial charge in [-0.3, -0.25) is 0 Å². The second-order valence-corrected chi connectivity index (χ2v) is 4.19. The summed E-state index contributed by atoms with van der Waals surface area (Å²) in [6, 6.07) is 0.935. The first-order valence-electron chi connectivity index (χ1n) is 5.72. The van der Waals surface area contributed by atoms with Crippen LogP contribution in [0.1, 0.15) is 17.0 Å². The number of nitrogens with one attached hydrogen (secondary N) is 1. The van der Waals surface area contributed by atoms with Crippen LogP contribution in [0.15, 0.2) is 18.6 Å². The molecule has 0 atom stereocenters. The minimum atomic E-state index is -4.45. The summed E-state index contributed by atoms with van der Waals surface area (Å²) >= 11 is 0. The van der Waals surface area contributed by atoms with Crippen molar-refractivity contribution in [2.45, 2.75) is 19.1 Å². The summed E-state index contributed by atoms with van der Waals surface area (Å²) < 4.78 is 38.8. The maximum Gasteiger partial charge on any atom is 0.435 e. The molecule has 0 radical (unpaired) electrons. The molecule has 19 heavy (non-hydrogen) atoms. The molecule has 100 valence electrons. The molecular formula is C11H10F3N5. The fraction of sp³-hybridized carbons (Fsp3) is 0.364. The van der Waals surface area contributed by atoms with Crippen LogP contribution in [-0.2, 0) is 19.1 Å². The van der Waals surface area contributed by atoms with Crippen LogP contribution >= 0.6 is 0 Å². The third-order valence-electron chi connectivity index (χ3n) is 2.95. The van der Waals surface area contributed by atoms with Gasteiger partial charge in [0.05, 0.1) is 5.69 Å². The molecule has 3 heterocycles. The predicted molar refractivity (Wildman–Crippen MR) is 59.6 cm³/mol. The van der Waals surface area contributed by atoms with Gasteiger partial charge in [0.25, 0.3) is 0 Å². The van der Waals surface area contributed by atoms with Gasteiger partial charge in [0.2, 0.25) is 0 Å². The zero-order chi connectivity index (χ0) is 13.5. The van der Waals surface area contributed by atoms with Gasteiger partial charge in [-0.05, 0) is 6.07 Å². The molecule has 0 amide bonds. The lowest BCUT2D eigenvalue weighted by Crippen LogP contribution is -2.26. The normalized spacial score (nSPS) is 15.3. The van der Waals surface area contributed by atoms with Crippen molar-refractivity contribution >= 4 is 0 Å². The van der Waals surface area contributed by atoms with E-state index in [1.165, 1.54) is 12.5 Å². The van der Waals surface area contributed by atoms with Gasteiger partial charge in [-0.2, -0.15) is 18.3 Å². The lowest BCUT2D eigenvalue weighted by Gasteiger charge is -2.18. The highest BCUT2D eigenvalue weighted by Crippen LogP contribution is 2.28. The summed E-state index contributed by atoms with van der Waals surface area (Å²) in [5.74, 6) is 0.396. The van der Waals surface area contributed by atoms with Gasteiger partial charge in [0, 0.05) is 31.3 Å². The van der Waals surface area contributed by atoms with Gasteiger partial charge in [-0.1, -0.05) is 0 Å². The van der Waals surface area contributed by atoms with Crippen molar-refractivity contribution in [1.82, 2.24) is 25.1 Å². The largest absolute Gasteiger partial charge is 0.435 e. The Bertz CT molecular complexity index is 605. The molecule has 0 bridgehead atoms. The number of hydrogen-bond acceptors (Lipinski definition) is 4. The lowest BCUT2D eigenvalue weighted by atomic mass is 10.1. The van der Waals surface area contributed by atoms with Crippen molar-refractivity contribution in [1.29, 1.82) is 0 Å². The van der Waals surface area contributed by atoms with Crippen LogP contribution in [0, 0.1) is 0 Å². The second-order valence-electron chi connectivity index (χ2n) is 4.19. The Balaban J connectivity index is 2.05. The van der Waals surface area contributed by atoms with Crippen LogP contribution in [-0.4, -0.2) is 26.3 Å². The van der Waals surface area contributed by atoms with Crippen LogP contribution in [0.2, 0.25) is 0 Å². The summed E-state index contributed by atoms with van der Waals surface area (Å²) in [6.45, 7) is 1.34. The maximum absolute atomic E-state index is 12.5. The lowest BCUT2D eigenvalue weighted by molar-refractivity contribution is -0.141. The van der Waals surface area contributed by atoms with E-state index in [4.69, 9.17) is 0 Å². The number of aromatic nitrogens is 4. The molecule has 1 aliphatic rings. The minimum Gasteiger partial charge on any atom is -0.312 e. The predicted octanol–water partition coefficient (Wildman–Crippen LogP) is 1.33. The van der Waals surface area contributed by atoms with Gasteiger partial charge in [-0.25, -0.2) is 14.6 Å². The summed E-state index contributed by atoms with van der Waals surface area (Å²) in [6.07, 6.45) is -1.09. The zero-order valence-electron chi connectivity index (χ0n) is 9.78. The van der Waals surface area contributed by atoms with Crippen LogP contribution in [0.4, 0.5) is 13.2 Å². The van der Waals surface area contributed by atoms with Crippen LogP contribution in [0.25, 0.3) is 5.82 Å². The van der Waals surface area contributed by atoms with E-state index in [1.807, 2.05) is 0 Å². The van der Waals surface area contributed by atoms with Crippen molar-refractivity contribution in [3.63, 3.8) is 0 Å². The van der Waals surface area contributed by atoms with E-state index in [1.54, 1.807) is 0 Å². The number of rotatable bonds is 1. The first-order valence-corrected chi connectivity index (χ1v) is 5.72. The zero-order valence-corrected chi connectivity index (χ0v) is 9.78. The Hall–Kier alpha value is -1.96. The molecule has 1 aliphatic heterocycles. The Kier molecular flexibility index (Phi) is 2.74. The molecule has 0 fully saturated rings. The molecule has 0 aromatic carbocycles. The standard InChI is InChI=1S/C11H10F3N5/c12-11(13,14)9-2-4-19(18-9)10-7-5-15-3-1-8(7)16-6-17-10/h2,4,6,15H,1,3,5H2. The first kappa shape index (κ1) is 12.1. The van der Waals surface area contributed by atoms with E-state index in [2.05, 4.69) is 20.4 Å². The quantitative estimate of drug-likeness (QED) is 0.848. The number of alkyl halides is 3. The molecule has 0 spiro atoms. The first-order chi connectivity index (χ1) is 9.05. The molecule has 1 N–H and O–H groups in total. The smallest absolute Gasteiger partial charge is 0.312 e. The number of halogens is 3.